The number of ether oxygens (including phenoxy) is 3. The van der Waals surface area contributed by atoms with E-state index in [1.807, 2.05) is 31.2 Å². The number of hydrogen-bond donors (Lipinski definition) is 2. The molecule has 0 saturated heterocycles. The van der Waals surface area contributed by atoms with E-state index in [2.05, 4.69) is 15.6 Å². The molecule has 0 spiro atoms. The Hall–Kier alpha value is -3.30. The SMILES string of the molecule is COc1ccc(COc2cc(C)c(NC(=O)c3cnc(NC(=O)OC(C)(C)C)s3)c(Cl)c2)cc1. The molecule has 1 aromatic heterocycles. The predicted molar refractivity (Wildman–Crippen MR) is 133 cm³/mol. The number of hydrogen-bond acceptors (Lipinski definition) is 7. The van der Waals surface area contributed by atoms with Crippen molar-refractivity contribution in [1.29, 1.82) is 0 Å². The van der Waals surface area contributed by atoms with Crippen molar-refractivity contribution in [1.82, 2.24) is 4.98 Å². The van der Waals surface area contributed by atoms with Gasteiger partial charge in [0, 0.05) is 6.07 Å². The number of carbonyl (C=O) groups is 2. The zero-order chi connectivity index (χ0) is 24.9. The summed E-state index contributed by atoms with van der Waals surface area (Å²) >= 11 is 7.45. The summed E-state index contributed by atoms with van der Waals surface area (Å²) in [5, 5.41) is 5.91. The van der Waals surface area contributed by atoms with Crippen LogP contribution in [-0.4, -0.2) is 29.7 Å². The molecule has 180 valence electrons. The van der Waals surface area contributed by atoms with Crippen LogP contribution in [0.2, 0.25) is 5.02 Å². The molecule has 0 radical (unpaired) electrons. The van der Waals surface area contributed by atoms with Crippen LogP contribution in [0.4, 0.5) is 15.6 Å². The first-order valence-electron chi connectivity index (χ1n) is 10.4. The number of thiazole rings is 1. The highest BCUT2D eigenvalue weighted by Crippen LogP contribution is 2.32. The molecule has 1 heterocycles. The molecule has 0 atom stereocenters. The van der Waals surface area contributed by atoms with Crippen LogP contribution >= 0.6 is 22.9 Å². The summed E-state index contributed by atoms with van der Waals surface area (Å²) in [6, 6.07) is 11.0. The topological polar surface area (TPSA) is 98.8 Å². The molecular weight excluding hydrogens is 478 g/mol. The Morgan fingerprint density at radius 3 is 2.41 bits per heavy atom. The number of amides is 2. The maximum atomic E-state index is 12.7. The van der Waals surface area contributed by atoms with Gasteiger partial charge in [-0.15, -0.1) is 0 Å². The van der Waals surface area contributed by atoms with Gasteiger partial charge in [0.25, 0.3) is 5.91 Å². The minimum absolute atomic E-state index is 0.254. The highest BCUT2D eigenvalue weighted by Gasteiger charge is 2.19. The van der Waals surface area contributed by atoms with E-state index in [1.54, 1.807) is 40.0 Å². The Kier molecular flexibility index (Phi) is 8.01. The molecule has 2 aromatic carbocycles. The summed E-state index contributed by atoms with van der Waals surface area (Å²) in [4.78, 5) is 29.0. The van der Waals surface area contributed by atoms with Crippen molar-refractivity contribution < 1.29 is 23.8 Å². The summed E-state index contributed by atoms with van der Waals surface area (Å²) in [5.74, 6) is 0.959. The Labute approximate surface area is 207 Å². The van der Waals surface area contributed by atoms with Crippen molar-refractivity contribution in [2.45, 2.75) is 39.9 Å². The lowest BCUT2D eigenvalue weighted by Gasteiger charge is -2.18. The van der Waals surface area contributed by atoms with Crippen LogP contribution in [0.5, 0.6) is 11.5 Å². The first kappa shape index (κ1) is 25.3. The lowest BCUT2D eigenvalue weighted by atomic mass is 10.2. The highest BCUT2D eigenvalue weighted by molar-refractivity contribution is 7.17. The van der Waals surface area contributed by atoms with Crippen molar-refractivity contribution in [3.8, 4) is 11.5 Å². The number of anilines is 2. The van der Waals surface area contributed by atoms with Crippen LogP contribution < -0.4 is 20.1 Å². The van der Waals surface area contributed by atoms with Crippen molar-refractivity contribution in [2.24, 2.45) is 0 Å². The van der Waals surface area contributed by atoms with E-state index < -0.39 is 17.6 Å². The second-order valence-corrected chi connectivity index (χ2v) is 9.78. The fourth-order valence-electron chi connectivity index (χ4n) is 2.85. The molecule has 3 aromatic rings. The van der Waals surface area contributed by atoms with E-state index >= 15 is 0 Å². The third-order valence-corrected chi connectivity index (χ3v) is 5.61. The first-order valence-corrected chi connectivity index (χ1v) is 11.6. The first-order chi connectivity index (χ1) is 16.0. The molecule has 0 unspecified atom stereocenters. The average molecular weight is 504 g/mol. The summed E-state index contributed by atoms with van der Waals surface area (Å²) in [7, 11) is 1.62. The van der Waals surface area contributed by atoms with Crippen molar-refractivity contribution in [3.63, 3.8) is 0 Å². The molecule has 0 aliphatic rings. The van der Waals surface area contributed by atoms with Gasteiger partial charge in [-0.05, 0) is 57.0 Å². The predicted octanol–water partition coefficient (Wildman–Crippen LogP) is 6.29. The fourth-order valence-corrected chi connectivity index (χ4v) is 3.85. The second-order valence-electron chi connectivity index (χ2n) is 8.34. The summed E-state index contributed by atoms with van der Waals surface area (Å²) in [6.45, 7) is 7.46. The number of aromatic nitrogens is 1. The third kappa shape index (κ3) is 7.10. The number of benzene rings is 2. The Morgan fingerprint density at radius 2 is 1.79 bits per heavy atom. The molecule has 2 N–H and O–H groups in total. The van der Waals surface area contributed by atoms with Crippen LogP contribution in [0, 0.1) is 6.92 Å². The Balaban J connectivity index is 1.62. The van der Waals surface area contributed by atoms with Gasteiger partial charge in [0.1, 0.15) is 28.6 Å². The van der Waals surface area contributed by atoms with Crippen LogP contribution in [0.3, 0.4) is 0 Å². The molecular formula is C24H26ClN3O5S. The average Bonchev–Trinajstić information content (AvgIpc) is 3.22. The molecule has 10 heteroatoms. The maximum Gasteiger partial charge on any atom is 0.413 e. The molecule has 0 aliphatic carbocycles. The number of methoxy groups -OCH3 is 1. The molecule has 0 aliphatic heterocycles. The van der Waals surface area contributed by atoms with Gasteiger partial charge in [-0.3, -0.25) is 10.1 Å². The number of rotatable bonds is 7. The monoisotopic (exact) mass is 503 g/mol. The number of aryl methyl sites for hydroxylation is 1. The fraction of sp³-hybridized carbons (Fsp3) is 0.292. The molecule has 3 rings (SSSR count). The number of halogens is 1. The van der Waals surface area contributed by atoms with E-state index in [9.17, 15) is 9.59 Å². The zero-order valence-electron chi connectivity index (χ0n) is 19.5. The van der Waals surface area contributed by atoms with E-state index in [0.29, 0.717) is 27.9 Å². The lowest BCUT2D eigenvalue weighted by Crippen LogP contribution is -2.27. The van der Waals surface area contributed by atoms with Gasteiger partial charge in [-0.25, -0.2) is 9.78 Å². The van der Waals surface area contributed by atoms with E-state index in [4.69, 9.17) is 25.8 Å². The number of carbonyl (C=O) groups excluding carboxylic acids is 2. The van der Waals surface area contributed by atoms with Gasteiger partial charge in [0.2, 0.25) is 0 Å². The van der Waals surface area contributed by atoms with Gasteiger partial charge >= 0.3 is 6.09 Å². The smallest absolute Gasteiger partial charge is 0.413 e. The molecule has 34 heavy (non-hydrogen) atoms. The van der Waals surface area contributed by atoms with Gasteiger partial charge in [0.15, 0.2) is 5.13 Å². The van der Waals surface area contributed by atoms with Gasteiger partial charge in [-0.2, -0.15) is 0 Å². The molecule has 0 saturated carbocycles. The normalized spacial score (nSPS) is 11.0. The molecule has 8 nitrogen and oxygen atoms in total. The van der Waals surface area contributed by atoms with Gasteiger partial charge < -0.3 is 19.5 Å². The molecule has 0 bridgehead atoms. The largest absolute Gasteiger partial charge is 0.497 e. The van der Waals surface area contributed by atoms with Crippen LogP contribution in [0.25, 0.3) is 0 Å². The molecule has 2 amide bonds. The van der Waals surface area contributed by atoms with E-state index in [0.717, 1.165) is 28.2 Å². The van der Waals surface area contributed by atoms with Gasteiger partial charge in [-0.1, -0.05) is 35.1 Å². The number of nitrogens with one attached hydrogen (secondary N) is 2. The van der Waals surface area contributed by atoms with Crippen molar-refractivity contribution >= 4 is 45.8 Å². The zero-order valence-corrected chi connectivity index (χ0v) is 21.1. The minimum Gasteiger partial charge on any atom is -0.497 e. The quantitative estimate of drug-likeness (QED) is 0.393. The van der Waals surface area contributed by atoms with Crippen LogP contribution in [0.15, 0.2) is 42.6 Å². The van der Waals surface area contributed by atoms with Crippen LogP contribution in [0.1, 0.15) is 41.6 Å². The highest BCUT2D eigenvalue weighted by atomic mass is 35.5. The second kappa shape index (κ2) is 10.8. The Bertz CT molecular complexity index is 1150. The standard InChI is InChI=1S/C24H26ClN3O5S/c1-14-10-17(32-13-15-6-8-16(31-5)9-7-15)11-18(25)20(14)27-21(29)19-12-26-22(34-19)28-23(30)33-24(2,3)4/h6-12H,13H2,1-5H3,(H,27,29)(H,26,28,30). The maximum absolute atomic E-state index is 12.7. The van der Waals surface area contributed by atoms with E-state index in [1.165, 1.54) is 6.20 Å². The van der Waals surface area contributed by atoms with Crippen molar-refractivity contribution in [3.05, 3.63) is 63.6 Å². The number of nitrogens with zero attached hydrogens (tertiary/aromatic N) is 1. The van der Waals surface area contributed by atoms with E-state index in [-0.39, 0.29) is 5.13 Å². The van der Waals surface area contributed by atoms with Crippen LogP contribution in [-0.2, 0) is 11.3 Å². The summed E-state index contributed by atoms with van der Waals surface area (Å²) in [5.41, 5.74) is 1.55. The van der Waals surface area contributed by atoms with Crippen molar-refractivity contribution in [2.75, 3.05) is 17.7 Å². The minimum atomic E-state index is -0.641. The lowest BCUT2D eigenvalue weighted by molar-refractivity contribution is 0.0635. The molecule has 0 fully saturated rings. The summed E-state index contributed by atoms with van der Waals surface area (Å²) in [6.07, 6.45) is 0.736. The Morgan fingerprint density at radius 1 is 1.09 bits per heavy atom. The van der Waals surface area contributed by atoms with Gasteiger partial charge in [0.05, 0.1) is 24.0 Å². The third-order valence-electron chi connectivity index (χ3n) is 4.40. The summed E-state index contributed by atoms with van der Waals surface area (Å²) < 4.78 is 16.2.